The lowest BCUT2D eigenvalue weighted by Gasteiger charge is -2.08. The fraction of sp³-hybridized carbons (Fsp3) is 0.143. The Labute approximate surface area is 122 Å². The Morgan fingerprint density at radius 3 is 2.62 bits per heavy atom. The van der Waals surface area contributed by atoms with Gasteiger partial charge in [0.25, 0.3) is 0 Å². The normalized spacial score (nSPS) is 10.9. The zero-order chi connectivity index (χ0) is 15.3. The molecule has 1 aromatic heterocycles. The molecule has 0 aliphatic carbocycles. The summed E-state index contributed by atoms with van der Waals surface area (Å²) in [5, 5.41) is 8.72. The van der Waals surface area contributed by atoms with Gasteiger partial charge in [-0.3, -0.25) is 9.71 Å². The van der Waals surface area contributed by atoms with Gasteiger partial charge in [-0.2, -0.15) is 5.26 Å². The van der Waals surface area contributed by atoms with Gasteiger partial charge in [0, 0.05) is 18.1 Å². The Morgan fingerprint density at radius 1 is 1.24 bits per heavy atom. The zero-order valence-corrected chi connectivity index (χ0v) is 11.8. The van der Waals surface area contributed by atoms with Crippen LogP contribution in [-0.2, 0) is 16.4 Å². The molecule has 108 valence electrons. The molecule has 0 fully saturated rings. The number of aromatic nitrogens is 1. The molecule has 0 atom stereocenters. The van der Waals surface area contributed by atoms with Crippen molar-refractivity contribution in [2.24, 2.45) is 0 Å². The van der Waals surface area contributed by atoms with E-state index in [0.717, 1.165) is 11.6 Å². The summed E-state index contributed by atoms with van der Waals surface area (Å²) in [5.41, 5.74) is 0.819. The molecule has 0 spiro atoms. The molecule has 0 unspecified atom stereocenters. The molecule has 1 N–H and O–H groups in total. The van der Waals surface area contributed by atoms with E-state index >= 15 is 0 Å². The van der Waals surface area contributed by atoms with Gasteiger partial charge in [-0.1, -0.05) is 0 Å². The summed E-state index contributed by atoms with van der Waals surface area (Å²) in [7, 11) is -3.57. The van der Waals surface area contributed by atoms with Crippen molar-refractivity contribution in [2.45, 2.75) is 6.42 Å². The van der Waals surface area contributed by atoms with Gasteiger partial charge in [0.2, 0.25) is 10.0 Å². The van der Waals surface area contributed by atoms with Crippen LogP contribution in [0.15, 0.2) is 42.7 Å². The third kappa shape index (κ3) is 4.26. The number of rotatable bonds is 5. The average Bonchev–Trinajstić information content (AvgIpc) is 2.48. The molecular weight excluding hydrogens is 293 g/mol. The van der Waals surface area contributed by atoms with Crippen molar-refractivity contribution in [3.8, 4) is 6.07 Å². The van der Waals surface area contributed by atoms with E-state index in [0.29, 0.717) is 6.42 Å². The maximum absolute atomic E-state index is 13.2. The summed E-state index contributed by atoms with van der Waals surface area (Å²) < 4.78 is 39.4. The van der Waals surface area contributed by atoms with Gasteiger partial charge in [-0.05, 0) is 42.3 Å². The van der Waals surface area contributed by atoms with E-state index < -0.39 is 15.8 Å². The molecule has 0 saturated heterocycles. The Kier molecular flexibility index (Phi) is 4.50. The summed E-state index contributed by atoms with van der Waals surface area (Å²) >= 11 is 0. The summed E-state index contributed by atoms with van der Waals surface area (Å²) in [6.07, 6.45) is 3.52. The predicted octanol–water partition coefficient (Wildman–Crippen LogP) is 2.08. The highest BCUT2D eigenvalue weighted by molar-refractivity contribution is 7.92. The van der Waals surface area contributed by atoms with Crippen LogP contribution in [0.5, 0.6) is 0 Å². The van der Waals surface area contributed by atoms with Crippen molar-refractivity contribution in [2.75, 3.05) is 10.5 Å². The molecule has 0 aliphatic heterocycles. The van der Waals surface area contributed by atoms with Gasteiger partial charge < -0.3 is 0 Å². The second kappa shape index (κ2) is 6.33. The number of nitrogens with one attached hydrogen (secondary N) is 1. The molecule has 0 saturated carbocycles. The van der Waals surface area contributed by atoms with Crippen LogP contribution in [0.3, 0.4) is 0 Å². The molecule has 5 nitrogen and oxygen atoms in total. The lowest BCUT2D eigenvalue weighted by atomic mass is 10.2. The van der Waals surface area contributed by atoms with Crippen molar-refractivity contribution < 1.29 is 12.8 Å². The molecule has 1 aromatic carbocycles. The van der Waals surface area contributed by atoms with Gasteiger partial charge in [0.05, 0.1) is 11.3 Å². The smallest absolute Gasteiger partial charge is 0.233 e. The van der Waals surface area contributed by atoms with E-state index in [1.54, 1.807) is 30.6 Å². The summed E-state index contributed by atoms with van der Waals surface area (Å²) in [6, 6.07) is 8.64. The van der Waals surface area contributed by atoms with E-state index in [4.69, 9.17) is 5.26 Å². The van der Waals surface area contributed by atoms with Crippen LogP contribution in [0.1, 0.15) is 11.1 Å². The lowest BCUT2D eigenvalue weighted by Crippen LogP contribution is -2.18. The van der Waals surface area contributed by atoms with Gasteiger partial charge in [0.1, 0.15) is 11.9 Å². The number of hydrogen-bond donors (Lipinski definition) is 1. The number of nitriles is 1. The highest BCUT2D eigenvalue weighted by atomic mass is 32.2. The van der Waals surface area contributed by atoms with Crippen LogP contribution < -0.4 is 4.72 Å². The highest BCUT2D eigenvalue weighted by Crippen LogP contribution is 2.15. The molecule has 1 heterocycles. The quantitative estimate of drug-likeness (QED) is 0.916. The molecule has 0 radical (unpaired) electrons. The van der Waals surface area contributed by atoms with Crippen LogP contribution in [0, 0.1) is 17.1 Å². The Hall–Kier alpha value is -2.46. The van der Waals surface area contributed by atoms with Crippen molar-refractivity contribution in [3.05, 3.63) is 59.7 Å². The Bertz CT molecular complexity index is 771. The minimum atomic E-state index is -3.57. The van der Waals surface area contributed by atoms with Crippen LogP contribution in [-0.4, -0.2) is 19.2 Å². The number of sulfonamides is 1. The van der Waals surface area contributed by atoms with Crippen LogP contribution in [0.25, 0.3) is 0 Å². The van der Waals surface area contributed by atoms with Crippen LogP contribution in [0.4, 0.5) is 10.1 Å². The van der Waals surface area contributed by atoms with E-state index in [1.165, 1.54) is 12.1 Å². The minimum Gasteiger partial charge on any atom is -0.283 e. The third-order valence-electron chi connectivity index (χ3n) is 2.77. The SMILES string of the molecule is N#Cc1cc(NS(=O)(=O)CCc2ccncc2)ccc1F. The number of benzene rings is 1. The number of hydrogen-bond acceptors (Lipinski definition) is 4. The summed E-state index contributed by atoms with van der Waals surface area (Å²) in [4.78, 5) is 3.85. The Balaban J connectivity index is 2.06. The van der Waals surface area contributed by atoms with Gasteiger partial charge in [-0.15, -0.1) is 0 Å². The zero-order valence-electron chi connectivity index (χ0n) is 11.0. The van der Waals surface area contributed by atoms with Gasteiger partial charge in [-0.25, -0.2) is 12.8 Å². The number of pyridine rings is 1. The topological polar surface area (TPSA) is 82.9 Å². The van der Waals surface area contributed by atoms with Crippen molar-refractivity contribution in [1.29, 1.82) is 5.26 Å². The predicted molar refractivity (Wildman–Crippen MR) is 76.5 cm³/mol. The molecule has 2 rings (SSSR count). The number of aryl methyl sites for hydroxylation is 1. The maximum atomic E-state index is 13.2. The fourth-order valence-electron chi connectivity index (χ4n) is 1.71. The average molecular weight is 305 g/mol. The lowest BCUT2D eigenvalue weighted by molar-refractivity contribution is 0.600. The minimum absolute atomic E-state index is 0.115. The fourth-order valence-corrected chi connectivity index (χ4v) is 2.80. The van der Waals surface area contributed by atoms with Gasteiger partial charge >= 0.3 is 0 Å². The highest BCUT2D eigenvalue weighted by Gasteiger charge is 2.12. The monoisotopic (exact) mass is 305 g/mol. The second-order valence-corrected chi connectivity index (χ2v) is 6.17. The van der Waals surface area contributed by atoms with Crippen LogP contribution in [0.2, 0.25) is 0 Å². The molecule has 0 aliphatic rings. The van der Waals surface area contributed by atoms with Crippen molar-refractivity contribution in [3.63, 3.8) is 0 Å². The summed E-state index contributed by atoms with van der Waals surface area (Å²) in [5.74, 6) is -0.798. The summed E-state index contributed by atoms with van der Waals surface area (Å²) in [6.45, 7) is 0. The first-order valence-corrected chi connectivity index (χ1v) is 7.74. The molecule has 0 amide bonds. The van der Waals surface area contributed by atoms with E-state index in [1.807, 2.05) is 0 Å². The standard InChI is InChI=1S/C14H12FN3O2S/c15-14-2-1-13(9-12(14)10-16)18-21(19,20)8-5-11-3-6-17-7-4-11/h1-4,6-7,9,18H,5,8H2. The first-order valence-electron chi connectivity index (χ1n) is 6.09. The van der Waals surface area contributed by atoms with E-state index in [2.05, 4.69) is 9.71 Å². The number of anilines is 1. The maximum Gasteiger partial charge on any atom is 0.233 e. The van der Waals surface area contributed by atoms with Crippen molar-refractivity contribution in [1.82, 2.24) is 4.98 Å². The first-order chi connectivity index (χ1) is 10.00. The number of halogens is 1. The van der Waals surface area contributed by atoms with Crippen molar-refractivity contribution >= 4 is 15.7 Å². The third-order valence-corrected chi connectivity index (χ3v) is 4.06. The van der Waals surface area contributed by atoms with Crippen LogP contribution >= 0.6 is 0 Å². The largest absolute Gasteiger partial charge is 0.283 e. The van der Waals surface area contributed by atoms with E-state index in [-0.39, 0.29) is 17.0 Å². The Morgan fingerprint density at radius 2 is 1.95 bits per heavy atom. The van der Waals surface area contributed by atoms with E-state index in [9.17, 15) is 12.8 Å². The number of nitrogens with zero attached hydrogens (tertiary/aromatic N) is 2. The molecule has 0 bridgehead atoms. The molecular formula is C14H12FN3O2S. The second-order valence-electron chi connectivity index (χ2n) is 4.33. The molecule has 2 aromatic rings. The first kappa shape index (κ1) is 14.9. The molecule has 21 heavy (non-hydrogen) atoms. The van der Waals surface area contributed by atoms with Gasteiger partial charge in [0.15, 0.2) is 0 Å². The molecule has 7 heteroatoms.